The van der Waals surface area contributed by atoms with Crippen LogP contribution in [0.1, 0.15) is 27.9 Å². The van der Waals surface area contributed by atoms with Crippen molar-refractivity contribution in [1.82, 2.24) is 9.55 Å². The number of hydrogen-bond donors (Lipinski definition) is 1. The van der Waals surface area contributed by atoms with E-state index in [0.29, 0.717) is 29.4 Å². The molecule has 0 atom stereocenters. The average molecular weight is 409 g/mol. The van der Waals surface area contributed by atoms with Crippen molar-refractivity contribution in [3.05, 3.63) is 70.6 Å². The van der Waals surface area contributed by atoms with Crippen LogP contribution in [0.25, 0.3) is 21.5 Å². The van der Waals surface area contributed by atoms with E-state index >= 15 is 0 Å². The summed E-state index contributed by atoms with van der Waals surface area (Å²) >= 11 is 1.32. The van der Waals surface area contributed by atoms with E-state index in [0.717, 1.165) is 27.0 Å². The van der Waals surface area contributed by atoms with Crippen molar-refractivity contribution >= 4 is 33.9 Å². The molecule has 2 aromatic heterocycles. The summed E-state index contributed by atoms with van der Waals surface area (Å²) in [6.07, 6.45) is 1.88. The standard InChI is InChI=1S/C22H20FN3O2S/c1-3-28-22(27)20-13(2)25-21(29-20)15-6-9-19-17(10-15)18(24)12-26(19)11-14-4-7-16(23)8-5-14/h4-10,12H,3,11,24H2,1-2H3. The molecule has 0 unspecified atom stereocenters. The second kappa shape index (κ2) is 7.67. The summed E-state index contributed by atoms with van der Waals surface area (Å²) in [5, 5.41) is 1.66. The molecule has 7 heteroatoms. The molecule has 0 aliphatic carbocycles. The molecular formula is C22H20FN3O2S. The Hall–Kier alpha value is -3.19. The molecule has 0 fully saturated rings. The number of ether oxygens (including phenoxy) is 1. The number of carbonyl (C=O) groups excluding carboxylic acids is 1. The lowest BCUT2D eigenvalue weighted by Crippen LogP contribution is -2.03. The third-order valence-electron chi connectivity index (χ3n) is 4.68. The number of aromatic nitrogens is 2. The van der Waals surface area contributed by atoms with Crippen molar-refractivity contribution in [1.29, 1.82) is 0 Å². The maximum absolute atomic E-state index is 13.2. The summed E-state index contributed by atoms with van der Waals surface area (Å²) in [5.74, 6) is -0.601. The molecular weight excluding hydrogens is 389 g/mol. The van der Waals surface area contributed by atoms with Crippen LogP contribution in [0.3, 0.4) is 0 Å². The lowest BCUT2D eigenvalue weighted by molar-refractivity contribution is 0.0531. The van der Waals surface area contributed by atoms with Gasteiger partial charge >= 0.3 is 5.97 Å². The molecule has 4 aromatic rings. The van der Waals surface area contributed by atoms with Gasteiger partial charge in [-0.1, -0.05) is 12.1 Å². The lowest BCUT2D eigenvalue weighted by atomic mass is 10.1. The highest BCUT2D eigenvalue weighted by Gasteiger charge is 2.18. The second-order valence-electron chi connectivity index (χ2n) is 6.72. The number of nitrogens with zero attached hydrogens (tertiary/aromatic N) is 2. The van der Waals surface area contributed by atoms with Crippen molar-refractivity contribution in [3.63, 3.8) is 0 Å². The first-order chi connectivity index (χ1) is 14.0. The van der Waals surface area contributed by atoms with Crippen LogP contribution >= 0.6 is 11.3 Å². The predicted molar refractivity (Wildman–Crippen MR) is 114 cm³/mol. The molecule has 0 amide bonds. The first-order valence-corrected chi connectivity index (χ1v) is 10.1. The Labute approximate surface area is 171 Å². The number of anilines is 1. The summed E-state index contributed by atoms with van der Waals surface area (Å²) in [6, 6.07) is 12.4. The van der Waals surface area contributed by atoms with Crippen LogP contribution in [0.4, 0.5) is 10.1 Å². The molecule has 148 valence electrons. The van der Waals surface area contributed by atoms with E-state index < -0.39 is 0 Å². The molecule has 29 heavy (non-hydrogen) atoms. The van der Waals surface area contributed by atoms with Gasteiger partial charge in [0.1, 0.15) is 15.7 Å². The van der Waals surface area contributed by atoms with E-state index in [-0.39, 0.29) is 11.8 Å². The highest BCUT2D eigenvalue weighted by atomic mass is 32.1. The molecule has 0 aliphatic heterocycles. The number of benzene rings is 2. The fourth-order valence-corrected chi connectivity index (χ4v) is 4.24. The average Bonchev–Trinajstić information content (AvgIpc) is 3.24. The fraction of sp³-hybridized carbons (Fsp3) is 0.182. The maximum Gasteiger partial charge on any atom is 0.350 e. The SMILES string of the molecule is CCOC(=O)c1sc(-c2ccc3c(c2)c(N)cn3Cc2ccc(F)cc2)nc1C. The van der Waals surface area contributed by atoms with Gasteiger partial charge in [0.05, 0.1) is 23.5 Å². The molecule has 2 heterocycles. The Balaban J connectivity index is 1.69. The van der Waals surface area contributed by atoms with Crippen LogP contribution in [-0.4, -0.2) is 22.1 Å². The van der Waals surface area contributed by atoms with Crippen molar-refractivity contribution in [3.8, 4) is 10.6 Å². The van der Waals surface area contributed by atoms with Crippen molar-refractivity contribution in [2.75, 3.05) is 12.3 Å². The molecule has 0 radical (unpaired) electrons. The Morgan fingerprint density at radius 3 is 2.72 bits per heavy atom. The molecule has 0 saturated carbocycles. The molecule has 0 bridgehead atoms. The van der Waals surface area contributed by atoms with Gasteiger partial charge < -0.3 is 15.0 Å². The minimum absolute atomic E-state index is 0.254. The Kier molecular flexibility index (Phi) is 5.07. The quantitative estimate of drug-likeness (QED) is 0.470. The number of nitrogen functional groups attached to an aromatic ring is 1. The number of nitrogens with two attached hydrogens (primary N) is 1. The zero-order valence-electron chi connectivity index (χ0n) is 16.1. The summed E-state index contributed by atoms with van der Waals surface area (Å²) in [5.41, 5.74) is 10.4. The zero-order valence-corrected chi connectivity index (χ0v) is 16.9. The molecule has 2 aromatic carbocycles. The largest absolute Gasteiger partial charge is 0.462 e. The first-order valence-electron chi connectivity index (χ1n) is 9.24. The van der Waals surface area contributed by atoms with E-state index in [1.807, 2.05) is 29.0 Å². The topological polar surface area (TPSA) is 70.1 Å². The highest BCUT2D eigenvalue weighted by molar-refractivity contribution is 7.17. The Morgan fingerprint density at radius 1 is 1.24 bits per heavy atom. The van der Waals surface area contributed by atoms with E-state index in [4.69, 9.17) is 10.5 Å². The van der Waals surface area contributed by atoms with Crippen LogP contribution in [0, 0.1) is 12.7 Å². The number of esters is 1. The number of halogens is 1. The number of fused-ring (bicyclic) bond motifs is 1. The number of thiazole rings is 1. The minimum Gasteiger partial charge on any atom is -0.462 e. The van der Waals surface area contributed by atoms with Crippen molar-refractivity contribution < 1.29 is 13.9 Å². The fourth-order valence-electron chi connectivity index (χ4n) is 3.28. The monoisotopic (exact) mass is 409 g/mol. The zero-order chi connectivity index (χ0) is 20.5. The van der Waals surface area contributed by atoms with Gasteiger partial charge in [-0.05, 0) is 49.7 Å². The van der Waals surface area contributed by atoms with Gasteiger partial charge in [0, 0.05) is 23.7 Å². The van der Waals surface area contributed by atoms with Crippen LogP contribution in [-0.2, 0) is 11.3 Å². The first kappa shape index (κ1) is 19.1. The summed E-state index contributed by atoms with van der Waals surface area (Å²) in [4.78, 5) is 17.1. The van der Waals surface area contributed by atoms with Crippen LogP contribution in [0.15, 0.2) is 48.7 Å². The van der Waals surface area contributed by atoms with Crippen LogP contribution < -0.4 is 5.73 Å². The molecule has 0 saturated heterocycles. The maximum atomic E-state index is 13.2. The number of hydrogen-bond acceptors (Lipinski definition) is 5. The third-order valence-corrected chi connectivity index (χ3v) is 5.87. The molecule has 0 spiro atoms. The van der Waals surface area contributed by atoms with Crippen LogP contribution in [0.5, 0.6) is 0 Å². The normalized spacial score (nSPS) is 11.1. The van der Waals surface area contributed by atoms with E-state index in [9.17, 15) is 9.18 Å². The summed E-state index contributed by atoms with van der Waals surface area (Å²) in [6.45, 7) is 4.51. The molecule has 2 N–H and O–H groups in total. The molecule has 4 rings (SSSR count). The molecule has 5 nitrogen and oxygen atoms in total. The van der Waals surface area contributed by atoms with E-state index in [2.05, 4.69) is 4.98 Å². The van der Waals surface area contributed by atoms with Crippen molar-refractivity contribution in [2.45, 2.75) is 20.4 Å². The smallest absolute Gasteiger partial charge is 0.350 e. The summed E-state index contributed by atoms with van der Waals surface area (Å²) in [7, 11) is 0. The Bertz CT molecular complexity index is 1190. The summed E-state index contributed by atoms with van der Waals surface area (Å²) < 4.78 is 20.3. The van der Waals surface area contributed by atoms with Gasteiger partial charge in [-0.2, -0.15) is 0 Å². The van der Waals surface area contributed by atoms with Crippen molar-refractivity contribution in [2.24, 2.45) is 0 Å². The van der Waals surface area contributed by atoms with Gasteiger partial charge in [0.25, 0.3) is 0 Å². The third kappa shape index (κ3) is 3.73. The predicted octanol–water partition coefficient (Wildman–Crippen LogP) is 5.02. The van der Waals surface area contributed by atoms with Gasteiger partial charge in [-0.15, -0.1) is 11.3 Å². The van der Waals surface area contributed by atoms with Gasteiger partial charge in [0.2, 0.25) is 0 Å². The number of aryl methyl sites for hydroxylation is 1. The van der Waals surface area contributed by atoms with Gasteiger partial charge in [-0.25, -0.2) is 14.2 Å². The van der Waals surface area contributed by atoms with Crippen LogP contribution in [0.2, 0.25) is 0 Å². The molecule has 0 aliphatic rings. The number of rotatable bonds is 5. The van der Waals surface area contributed by atoms with Gasteiger partial charge in [-0.3, -0.25) is 0 Å². The Morgan fingerprint density at radius 2 is 2.00 bits per heavy atom. The second-order valence-corrected chi connectivity index (χ2v) is 7.72. The van der Waals surface area contributed by atoms with Gasteiger partial charge in [0.15, 0.2) is 0 Å². The minimum atomic E-state index is -0.347. The lowest BCUT2D eigenvalue weighted by Gasteiger charge is -2.06. The van der Waals surface area contributed by atoms with E-state index in [1.165, 1.54) is 23.5 Å². The number of carbonyl (C=O) groups is 1. The van der Waals surface area contributed by atoms with E-state index in [1.54, 1.807) is 26.0 Å². The highest BCUT2D eigenvalue weighted by Crippen LogP contribution is 2.33.